The molecule has 22 heavy (non-hydrogen) atoms. The van der Waals surface area contributed by atoms with Gasteiger partial charge in [-0.15, -0.1) is 11.3 Å². The van der Waals surface area contributed by atoms with Crippen LogP contribution in [0.25, 0.3) is 11.0 Å². The molecular formula is C17H13NO3S. The van der Waals surface area contributed by atoms with E-state index in [-0.39, 0.29) is 17.3 Å². The lowest BCUT2D eigenvalue weighted by Crippen LogP contribution is -2.22. The van der Waals surface area contributed by atoms with Crippen LogP contribution in [0.2, 0.25) is 0 Å². The molecule has 0 saturated carbocycles. The molecule has 3 aromatic rings. The number of fused-ring (bicyclic) bond motifs is 4. The maximum Gasteiger partial charge on any atom is 0.230 e. The first kappa shape index (κ1) is 13.4. The molecule has 0 saturated heterocycles. The Morgan fingerprint density at radius 3 is 2.41 bits per heavy atom. The van der Waals surface area contributed by atoms with E-state index < -0.39 is 0 Å². The zero-order valence-electron chi connectivity index (χ0n) is 12.7. The van der Waals surface area contributed by atoms with Crippen LogP contribution in [0.1, 0.15) is 53.1 Å². The summed E-state index contributed by atoms with van der Waals surface area (Å²) < 4.78 is 5.80. The van der Waals surface area contributed by atoms with Crippen LogP contribution in [-0.2, 0) is 0 Å². The monoisotopic (exact) mass is 311 g/mol. The van der Waals surface area contributed by atoms with Gasteiger partial charge in [-0.1, -0.05) is 0 Å². The Bertz CT molecular complexity index is 1010. The van der Waals surface area contributed by atoms with E-state index in [0.29, 0.717) is 33.5 Å². The van der Waals surface area contributed by atoms with Crippen LogP contribution < -0.4 is 0 Å². The molecule has 0 spiro atoms. The summed E-state index contributed by atoms with van der Waals surface area (Å²) in [5.41, 5.74) is 3.21. The van der Waals surface area contributed by atoms with E-state index in [0.717, 1.165) is 15.1 Å². The highest BCUT2D eigenvalue weighted by Crippen LogP contribution is 2.41. The van der Waals surface area contributed by atoms with Crippen molar-refractivity contribution in [3.8, 4) is 0 Å². The van der Waals surface area contributed by atoms with E-state index in [1.165, 1.54) is 0 Å². The Kier molecular flexibility index (Phi) is 2.52. The van der Waals surface area contributed by atoms with Crippen molar-refractivity contribution in [1.29, 1.82) is 0 Å². The van der Waals surface area contributed by atoms with Crippen LogP contribution in [0.5, 0.6) is 0 Å². The predicted molar refractivity (Wildman–Crippen MR) is 84.1 cm³/mol. The molecule has 0 aliphatic heterocycles. The van der Waals surface area contributed by atoms with E-state index in [9.17, 15) is 9.59 Å². The standard InChI is InChI=1S/C17H13NO3S/c1-6-5-18-7(2)11-10(6)15(20)17-13(14(11)19)12-8(3)22-9(4)16(12)21-17/h5H,1-4H3. The number of hydrogen-bond donors (Lipinski definition) is 0. The summed E-state index contributed by atoms with van der Waals surface area (Å²) in [7, 11) is 0. The third-order valence-electron chi connectivity index (χ3n) is 4.23. The number of carbonyl (C=O) groups excluding carboxylic acids is 2. The molecule has 3 heterocycles. The van der Waals surface area contributed by atoms with Gasteiger partial charge in [0.2, 0.25) is 5.78 Å². The number of nitrogens with zero attached hydrogens (tertiary/aromatic N) is 1. The van der Waals surface area contributed by atoms with Gasteiger partial charge in [0.25, 0.3) is 0 Å². The lowest BCUT2D eigenvalue weighted by atomic mass is 9.84. The number of rotatable bonds is 0. The molecule has 0 amide bonds. The normalized spacial score (nSPS) is 13.6. The fourth-order valence-corrected chi connectivity index (χ4v) is 4.22. The molecule has 0 N–H and O–H groups in total. The summed E-state index contributed by atoms with van der Waals surface area (Å²) in [6.45, 7) is 7.44. The molecule has 1 aliphatic rings. The van der Waals surface area contributed by atoms with E-state index in [1.54, 1.807) is 31.4 Å². The number of hydrogen-bond acceptors (Lipinski definition) is 5. The molecular weight excluding hydrogens is 298 g/mol. The van der Waals surface area contributed by atoms with Gasteiger partial charge in [-0.05, 0) is 33.3 Å². The maximum absolute atomic E-state index is 13.0. The van der Waals surface area contributed by atoms with Gasteiger partial charge >= 0.3 is 0 Å². The number of pyridine rings is 1. The van der Waals surface area contributed by atoms with Crippen LogP contribution in [0.15, 0.2) is 10.6 Å². The van der Waals surface area contributed by atoms with Gasteiger partial charge in [0.15, 0.2) is 11.5 Å². The second-order valence-electron chi connectivity index (χ2n) is 5.66. The summed E-state index contributed by atoms with van der Waals surface area (Å²) in [5.74, 6) is -0.194. The minimum atomic E-state index is -0.215. The van der Waals surface area contributed by atoms with Crippen molar-refractivity contribution in [2.45, 2.75) is 27.7 Å². The van der Waals surface area contributed by atoms with Crippen molar-refractivity contribution < 1.29 is 14.0 Å². The molecule has 4 rings (SSSR count). The highest BCUT2D eigenvalue weighted by Gasteiger charge is 2.38. The first-order valence-electron chi connectivity index (χ1n) is 7.00. The zero-order valence-corrected chi connectivity index (χ0v) is 13.5. The topological polar surface area (TPSA) is 60.2 Å². The summed E-state index contributed by atoms with van der Waals surface area (Å²) in [6.07, 6.45) is 1.63. The van der Waals surface area contributed by atoms with Gasteiger partial charge in [0.1, 0.15) is 5.58 Å². The summed E-state index contributed by atoms with van der Waals surface area (Å²) >= 11 is 1.58. The molecule has 0 radical (unpaired) electrons. The SMILES string of the molecule is Cc1cnc(C)c2c1C(=O)c1oc3c(C)sc(C)c3c1C2=O. The molecule has 0 unspecified atom stereocenters. The quantitative estimate of drug-likeness (QED) is 0.494. The predicted octanol–water partition coefficient (Wildman–Crippen LogP) is 3.90. The third-order valence-corrected chi connectivity index (χ3v) is 5.23. The van der Waals surface area contributed by atoms with Crippen LogP contribution in [0.3, 0.4) is 0 Å². The highest BCUT2D eigenvalue weighted by molar-refractivity contribution is 7.13. The summed E-state index contributed by atoms with van der Waals surface area (Å²) in [5, 5.41) is 0.780. The van der Waals surface area contributed by atoms with Crippen LogP contribution in [0, 0.1) is 27.7 Å². The van der Waals surface area contributed by atoms with Crippen molar-refractivity contribution in [3.05, 3.63) is 49.7 Å². The molecule has 0 aromatic carbocycles. The first-order valence-corrected chi connectivity index (χ1v) is 7.81. The van der Waals surface area contributed by atoms with E-state index in [4.69, 9.17) is 4.42 Å². The van der Waals surface area contributed by atoms with Crippen molar-refractivity contribution in [1.82, 2.24) is 4.98 Å². The summed E-state index contributed by atoms with van der Waals surface area (Å²) in [6, 6.07) is 0. The second kappa shape index (κ2) is 4.14. The zero-order chi connectivity index (χ0) is 15.8. The Labute approximate surface area is 130 Å². The van der Waals surface area contributed by atoms with Gasteiger partial charge in [-0.2, -0.15) is 0 Å². The van der Waals surface area contributed by atoms with Gasteiger partial charge in [-0.3, -0.25) is 14.6 Å². The van der Waals surface area contributed by atoms with Gasteiger partial charge in [0.05, 0.1) is 11.1 Å². The Hall–Kier alpha value is -2.27. The number of aryl methyl sites for hydroxylation is 4. The van der Waals surface area contributed by atoms with Gasteiger partial charge < -0.3 is 4.42 Å². The average Bonchev–Trinajstić information content (AvgIpc) is 2.99. The number of furan rings is 1. The molecule has 0 bridgehead atoms. The molecule has 0 atom stereocenters. The molecule has 1 aliphatic carbocycles. The van der Waals surface area contributed by atoms with Crippen LogP contribution in [0.4, 0.5) is 0 Å². The molecule has 110 valence electrons. The minimum Gasteiger partial charge on any atom is -0.451 e. The van der Waals surface area contributed by atoms with Crippen molar-refractivity contribution in [2.24, 2.45) is 0 Å². The van der Waals surface area contributed by atoms with Crippen LogP contribution in [-0.4, -0.2) is 16.6 Å². The van der Waals surface area contributed by atoms with Gasteiger partial charge in [-0.25, -0.2) is 0 Å². The van der Waals surface area contributed by atoms with Crippen molar-refractivity contribution in [2.75, 3.05) is 0 Å². The van der Waals surface area contributed by atoms with Crippen LogP contribution >= 0.6 is 11.3 Å². The number of aromatic nitrogens is 1. The van der Waals surface area contributed by atoms with Gasteiger partial charge in [0, 0.05) is 32.6 Å². The fourth-order valence-electron chi connectivity index (χ4n) is 3.23. The minimum absolute atomic E-state index is 0.155. The van der Waals surface area contributed by atoms with Crippen molar-refractivity contribution in [3.63, 3.8) is 0 Å². The molecule has 0 fully saturated rings. The highest BCUT2D eigenvalue weighted by atomic mass is 32.1. The number of ketones is 2. The van der Waals surface area contributed by atoms with Crippen molar-refractivity contribution >= 4 is 33.9 Å². The Morgan fingerprint density at radius 1 is 0.955 bits per heavy atom. The Balaban J connectivity index is 2.17. The third kappa shape index (κ3) is 1.44. The lowest BCUT2D eigenvalue weighted by Gasteiger charge is -2.17. The molecule has 5 heteroatoms. The second-order valence-corrected chi connectivity index (χ2v) is 7.09. The van der Waals surface area contributed by atoms with E-state index >= 15 is 0 Å². The molecule has 4 nitrogen and oxygen atoms in total. The largest absolute Gasteiger partial charge is 0.451 e. The number of thiophene rings is 1. The molecule has 3 aromatic heterocycles. The lowest BCUT2D eigenvalue weighted by molar-refractivity contribution is 0.0960. The first-order chi connectivity index (χ1) is 10.4. The number of carbonyl (C=O) groups is 2. The average molecular weight is 311 g/mol. The smallest absolute Gasteiger partial charge is 0.230 e. The fraction of sp³-hybridized carbons (Fsp3) is 0.235. The maximum atomic E-state index is 13.0. The van der Waals surface area contributed by atoms with E-state index in [1.807, 2.05) is 13.8 Å². The Morgan fingerprint density at radius 2 is 1.68 bits per heavy atom. The van der Waals surface area contributed by atoms with E-state index in [2.05, 4.69) is 4.98 Å². The summed E-state index contributed by atoms with van der Waals surface area (Å²) in [4.78, 5) is 32.1.